The van der Waals surface area contributed by atoms with Crippen LogP contribution in [0.5, 0.6) is 0 Å². The van der Waals surface area contributed by atoms with Crippen LogP contribution in [-0.4, -0.2) is 27.7 Å². The third-order valence-electron chi connectivity index (χ3n) is 4.57. The largest absolute Gasteiger partial charge is 0.396 e. The highest BCUT2D eigenvalue weighted by molar-refractivity contribution is 5.96. The molecule has 1 amide bonds. The lowest BCUT2D eigenvalue weighted by molar-refractivity contribution is -0.118. The summed E-state index contributed by atoms with van der Waals surface area (Å²) in [5.74, 6) is -0.174. The van der Waals surface area contributed by atoms with Gasteiger partial charge in [0.2, 0.25) is 5.91 Å². The van der Waals surface area contributed by atoms with Gasteiger partial charge in [0, 0.05) is 47.4 Å². The van der Waals surface area contributed by atoms with Crippen molar-refractivity contribution in [1.82, 2.24) is 9.88 Å². The second-order valence-electron chi connectivity index (χ2n) is 6.41. The van der Waals surface area contributed by atoms with Gasteiger partial charge < -0.3 is 15.0 Å². The molecule has 1 aromatic carbocycles. The summed E-state index contributed by atoms with van der Waals surface area (Å²) in [5, 5.41) is 22.0. The molecule has 2 rings (SSSR count). The second-order valence-corrected chi connectivity index (χ2v) is 6.41. The molecule has 0 aliphatic carbocycles. The van der Waals surface area contributed by atoms with Crippen LogP contribution in [0.25, 0.3) is 17.0 Å². The number of nitriles is 1. The van der Waals surface area contributed by atoms with Gasteiger partial charge in [0.15, 0.2) is 0 Å². The van der Waals surface area contributed by atoms with E-state index in [4.69, 9.17) is 10.4 Å². The number of amides is 1. The van der Waals surface area contributed by atoms with Crippen LogP contribution in [0.2, 0.25) is 0 Å². The van der Waals surface area contributed by atoms with Crippen LogP contribution in [-0.2, 0) is 11.3 Å². The molecule has 1 heterocycles. The van der Waals surface area contributed by atoms with Crippen molar-refractivity contribution in [1.29, 1.82) is 5.26 Å². The molecule has 0 radical (unpaired) electrons. The fourth-order valence-corrected chi connectivity index (χ4v) is 2.84. The summed E-state index contributed by atoms with van der Waals surface area (Å²) < 4.78 is 2.04. The predicted octanol–water partition coefficient (Wildman–Crippen LogP) is 3.24. The molecule has 5 heteroatoms. The van der Waals surface area contributed by atoms with Crippen molar-refractivity contribution >= 4 is 22.9 Å². The minimum atomic E-state index is -0.406. The lowest BCUT2D eigenvalue weighted by Crippen LogP contribution is -2.45. The number of aromatic nitrogens is 1. The summed E-state index contributed by atoms with van der Waals surface area (Å²) in [6.45, 7) is 4.59. The predicted molar refractivity (Wildman–Crippen MR) is 99.7 cm³/mol. The van der Waals surface area contributed by atoms with E-state index in [-0.39, 0.29) is 12.5 Å². The van der Waals surface area contributed by atoms with Crippen molar-refractivity contribution < 1.29 is 9.90 Å². The van der Waals surface area contributed by atoms with Crippen LogP contribution in [0.3, 0.4) is 0 Å². The van der Waals surface area contributed by atoms with Crippen LogP contribution in [0, 0.1) is 11.3 Å². The number of carbonyl (C=O) groups excluding carboxylic acids is 1. The number of aryl methyl sites for hydroxylation is 1. The van der Waals surface area contributed by atoms with Crippen molar-refractivity contribution in [2.24, 2.45) is 0 Å². The summed E-state index contributed by atoms with van der Waals surface area (Å²) in [5.41, 5.74) is 1.59. The number of carbonyl (C=O) groups is 1. The molecule has 1 aromatic heterocycles. The average molecular weight is 339 g/mol. The lowest BCUT2D eigenvalue weighted by atomic mass is 9.95. The van der Waals surface area contributed by atoms with Crippen molar-refractivity contribution in [2.75, 3.05) is 6.61 Å². The molecule has 1 atom stereocenters. The van der Waals surface area contributed by atoms with E-state index in [0.29, 0.717) is 19.4 Å². The van der Waals surface area contributed by atoms with Gasteiger partial charge in [-0.15, -0.1) is 0 Å². The first-order chi connectivity index (χ1) is 12.0. The van der Waals surface area contributed by atoms with Crippen molar-refractivity contribution in [2.45, 2.75) is 45.2 Å². The molecule has 132 valence electrons. The summed E-state index contributed by atoms with van der Waals surface area (Å²) in [7, 11) is 0. The van der Waals surface area contributed by atoms with E-state index in [2.05, 4.69) is 11.4 Å². The van der Waals surface area contributed by atoms with Gasteiger partial charge in [-0.3, -0.25) is 4.79 Å². The SMILES string of the molecule is CCC(C)(CCO)NC(=O)/C=C/c1cn(CCC#N)c2ccccc12. The van der Waals surface area contributed by atoms with E-state index in [0.717, 1.165) is 22.9 Å². The molecule has 0 bridgehead atoms. The molecule has 2 N–H and O–H groups in total. The van der Waals surface area contributed by atoms with Crippen LogP contribution in [0.4, 0.5) is 0 Å². The Morgan fingerprint density at radius 1 is 1.44 bits per heavy atom. The number of para-hydroxylation sites is 1. The average Bonchev–Trinajstić information content (AvgIpc) is 2.96. The Labute approximate surface area is 148 Å². The number of fused-ring (bicyclic) bond motifs is 1. The summed E-state index contributed by atoms with van der Waals surface area (Å²) in [4.78, 5) is 12.3. The molecule has 0 saturated carbocycles. The Bertz CT molecular complexity index is 801. The third-order valence-corrected chi connectivity index (χ3v) is 4.57. The summed E-state index contributed by atoms with van der Waals surface area (Å²) in [6, 6.07) is 10.1. The Kier molecular flexibility index (Phi) is 6.37. The molecule has 0 fully saturated rings. The van der Waals surface area contributed by atoms with Gasteiger partial charge in [-0.2, -0.15) is 5.26 Å². The Morgan fingerprint density at radius 3 is 2.88 bits per heavy atom. The molecule has 2 aromatic rings. The van der Waals surface area contributed by atoms with Crippen molar-refractivity contribution in [3.8, 4) is 6.07 Å². The normalized spacial score (nSPS) is 13.7. The van der Waals surface area contributed by atoms with Crippen LogP contribution in [0.15, 0.2) is 36.5 Å². The molecule has 1 unspecified atom stereocenters. The molecular weight excluding hydrogens is 314 g/mol. The number of nitrogens with one attached hydrogen (secondary N) is 1. The minimum absolute atomic E-state index is 0.0424. The first-order valence-corrected chi connectivity index (χ1v) is 8.59. The monoisotopic (exact) mass is 339 g/mol. The zero-order chi connectivity index (χ0) is 18.3. The van der Waals surface area contributed by atoms with Gasteiger partial charge in [0.1, 0.15) is 0 Å². The topological polar surface area (TPSA) is 78.0 Å². The first-order valence-electron chi connectivity index (χ1n) is 8.59. The van der Waals surface area contributed by atoms with Crippen molar-refractivity contribution in [3.05, 3.63) is 42.1 Å². The molecule has 5 nitrogen and oxygen atoms in total. The fraction of sp³-hybridized carbons (Fsp3) is 0.400. The number of aliphatic hydroxyl groups excluding tert-OH is 1. The number of benzene rings is 1. The zero-order valence-electron chi connectivity index (χ0n) is 14.8. The van der Waals surface area contributed by atoms with E-state index in [1.54, 1.807) is 6.08 Å². The molecule has 0 spiro atoms. The fourth-order valence-electron chi connectivity index (χ4n) is 2.84. The Morgan fingerprint density at radius 2 is 2.20 bits per heavy atom. The van der Waals surface area contributed by atoms with Crippen molar-refractivity contribution in [3.63, 3.8) is 0 Å². The molecule has 25 heavy (non-hydrogen) atoms. The number of aliphatic hydroxyl groups is 1. The highest BCUT2D eigenvalue weighted by Crippen LogP contribution is 2.23. The highest BCUT2D eigenvalue weighted by atomic mass is 16.3. The van der Waals surface area contributed by atoms with Gasteiger partial charge >= 0.3 is 0 Å². The number of hydrogen-bond donors (Lipinski definition) is 2. The zero-order valence-corrected chi connectivity index (χ0v) is 14.8. The summed E-state index contributed by atoms with van der Waals surface area (Å²) >= 11 is 0. The van der Waals surface area contributed by atoms with E-state index < -0.39 is 5.54 Å². The second kappa shape index (κ2) is 8.50. The Hall–Kier alpha value is -2.58. The third kappa shape index (κ3) is 4.71. The van der Waals surface area contributed by atoms with Gasteiger partial charge in [0.05, 0.1) is 12.5 Å². The maximum absolute atomic E-state index is 12.3. The van der Waals surface area contributed by atoms with Crippen LogP contribution < -0.4 is 5.32 Å². The number of rotatable bonds is 8. The molecule has 0 aliphatic heterocycles. The van der Waals surface area contributed by atoms with E-state index >= 15 is 0 Å². The standard InChI is InChI=1S/C20H25N3O2/c1-3-20(2,11-14-24)22-19(25)10-9-16-15-23(13-6-12-21)18-8-5-4-7-17(16)18/h4-5,7-10,15,24H,3,6,11,13-14H2,1-2H3,(H,22,25)/b10-9+. The van der Waals surface area contributed by atoms with Crippen LogP contribution in [0.1, 0.15) is 38.7 Å². The summed E-state index contributed by atoms with van der Waals surface area (Å²) in [6.07, 6.45) is 7.02. The highest BCUT2D eigenvalue weighted by Gasteiger charge is 2.22. The maximum atomic E-state index is 12.3. The minimum Gasteiger partial charge on any atom is -0.396 e. The molecular formula is C20H25N3O2. The molecule has 0 saturated heterocycles. The first kappa shape index (κ1) is 18.8. The van der Waals surface area contributed by atoms with Gasteiger partial charge in [-0.1, -0.05) is 25.1 Å². The quantitative estimate of drug-likeness (QED) is 0.725. The number of hydrogen-bond acceptors (Lipinski definition) is 3. The van der Waals surface area contributed by atoms with Gasteiger partial charge in [0.25, 0.3) is 0 Å². The van der Waals surface area contributed by atoms with Gasteiger partial charge in [-0.05, 0) is 31.9 Å². The van der Waals surface area contributed by atoms with E-state index in [1.807, 2.05) is 48.9 Å². The maximum Gasteiger partial charge on any atom is 0.244 e. The van der Waals surface area contributed by atoms with Gasteiger partial charge in [-0.25, -0.2) is 0 Å². The Balaban J connectivity index is 2.20. The van der Waals surface area contributed by atoms with E-state index in [1.165, 1.54) is 6.08 Å². The van der Waals surface area contributed by atoms with E-state index in [9.17, 15) is 4.79 Å². The molecule has 0 aliphatic rings. The number of nitrogens with zero attached hydrogens (tertiary/aromatic N) is 2. The smallest absolute Gasteiger partial charge is 0.244 e. The lowest BCUT2D eigenvalue weighted by Gasteiger charge is -2.28. The van der Waals surface area contributed by atoms with Crippen LogP contribution >= 0.6 is 0 Å².